The summed E-state index contributed by atoms with van der Waals surface area (Å²) in [5.74, 6) is -0.799. The van der Waals surface area contributed by atoms with Gasteiger partial charge in [0.05, 0.1) is 0 Å². The molecule has 130 valence electrons. The van der Waals surface area contributed by atoms with Crippen molar-refractivity contribution in [2.45, 2.75) is 6.42 Å². The molecule has 0 spiro atoms. The van der Waals surface area contributed by atoms with Crippen LogP contribution in [0.1, 0.15) is 27.1 Å². The standard InChI is InChI=1S/C19H19FN2O3/c20-16-6-1-4-14(12-16)18(24)21-8-3-9-22(11-10-21)19(25)15-5-2-7-17(23)13-15/h1-2,4-7,12-13,23H,3,8-11H2. The molecule has 0 saturated carbocycles. The summed E-state index contributed by atoms with van der Waals surface area (Å²) < 4.78 is 13.3. The second-order valence-corrected chi connectivity index (χ2v) is 6.00. The number of halogens is 1. The third-order valence-corrected chi connectivity index (χ3v) is 4.23. The van der Waals surface area contributed by atoms with Crippen LogP contribution < -0.4 is 0 Å². The summed E-state index contributed by atoms with van der Waals surface area (Å²) in [7, 11) is 0. The molecular weight excluding hydrogens is 323 g/mol. The van der Waals surface area contributed by atoms with E-state index in [1.165, 1.54) is 30.3 Å². The van der Waals surface area contributed by atoms with E-state index >= 15 is 0 Å². The van der Waals surface area contributed by atoms with Gasteiger partial charge in [-0.15, -0.1) is 0 Å². The van der Waals surface area contributed by atoms with Gasteiger partial charge in [0.2, 0.25) is 0 Å². The molecule has 0 aromatic heterocycles. The minimum absolute atomic E-state index is 0.0450. The topological polar surface area (TPSA) is 60.9 Å². The molecule has 3 rings (SSSR count). The van der Waals surface area contributed by atoms with E-state index in [4.69, 9.17) is 0 Å². The fourth-order valence-electron chi connectivity index (χ4n) is 2.95. The highest BCUT2D eigenvalue weighted by atomic mass is 19.1. The van der Waals surface area contributed by atoms with Crippen LogP contribution in [0.15, 0.2) is 48.5 Å². The molecule has 0 unspecified atom stereocenters. The summed E-state index contributed by atoms with van der Waals surface area (Å²) in [6, 6.07) is 11.9. The molecule has 1 aliphatic heterocycles. The monoisotopic (exact) mass is 342 g/mol. The number of carbonyl (C=O) groups excluding carboxylic acids is 2. The van der Waals surface area contributed by atoms with Gasteiger partial charge in [0.15, 0.2) is 0 Å². The molecule has 1 saturated heterocycles. The molecule has 1 N–H and O–H groups in total. The van der Waals surface area contributed by atoms with Crippen molar-refractivity contribution < 1.29 is 19.1 Å². The Hall–Kier alpha value is -2.89. The van der Waals surface area contributed by atoms with Gasteiger partial charge in [-0.1, -0.05) is 12.1 Å². The third-order valence-electron chi connectivity index (χ3n) is 4.23. The van der Waals surface area contributed by atoms with Crippen molar-refractivity contribution in [3.8, 4) is 5.75 Å². The second-order valence-electron chi connectivity index (χ2n) is 6.00. The number of rotatable bonds is 2. The number of amides is 2. The van der Waals surface area contributed by atoms with E-state index in [1.54, 1.807) is 28.0 Å². The number of aromatic hydroxyl groups is 1. The van der Waals surface area contributed by atoms with Crippen molar-refractivity contribution in [2.75, 3.05) is 26.2 Å². The highest BCUT2D eigenvalue weighted by molar-refractivity contribution is 5.95. The molecular formula is C19H19FN2O3. The average molecular weight is 342 g/mol. The third kappa shape index (κ3) is 3.96. The number of hydrogen-bond donors (Lipinski definition) is 1. The largest absolute Gasteiger partial charge is 0.508 e. The number of phenols is 1. The molecule has 0 aliphatic carbocycles. The lowest BCUT2D eigenvalue weighted by Gasteiger charge is -2.22. The van der Waals surface area contributed by atoms with Crippen LogP contribution in [0.25, 0.3) is 0 Å². The molecule has 2 amide bonds. The molecule has 5 nitrogen and oxygen atoms in total. The van der Waals surface area contributed by atoms with Crippen LogP contribution in [0.4, 0.5) is 4.39 Å². The molecule has 0 radical (unpaired) electrons. The van der Waals surface area contributed by atoms with Crippen molar-refractivity contribution in [2.24, 2.45) is 0 Å². The Bertz CT molecular complexity index is 728. The first-order valence-electron chi connectivity index (χ1n) is 8.18. The van der Waals surface area contributed by atoms with E-state index < -0.39 is 5.82 Å². The fraction of sp³-hybridized carbons (Fsp3) is 0.263. The summed E-state index contributed by atoms with van der Waals surface area (Å²) in [5.41, 5.74) is 0.734. The van der Waals surface area contributed by atoms with Crippen LogP contribution in [-0.4, -0.2) is 52.9 Å². The molecule has 0 bridgehead atoms. The Kier molecular flexibility index (Phi) is 4.97. The highest BCUT2D eigenvalue weighted by Crippen LogP contribution is 2.16. The maximum absolute atomic E-state index is 13.3. The van der Waals surface area contributed by atoms with Gasteiger partial charge in [0.1, 0.15) is 11.6 Å². The SMILES string of the molecule is O=C(c1cccc(O)c1)N1CCCN(C(=O)c2cccc(F)c2)CC1. The predicted molar refractivity (Wildman–Crippen MR) is 90.9 cm³/mol. The number of nitrogens with zero attached hydrogens (tertiary/aromatic N) is 2. The van der Waals surface area contributed by atoms with E-state index in [1.807, 2.05) is 0 Å². The molecule has 1 aliphatic rings. The lowest BCUT2D eigenvalue weighted by atomic mass is 10.2. The summed E-state index contributed by atoms with van der Waals surface area (Å²) >= 11 is 0. The first kappa shape index (κ1) is 17.0. The number of benzene rings is 2. The van der Waals surface area contributed by atoms with Crippen molar-refractivity contribution in [3.05, 3.63) is 65.5 Å². The summed E-state index contributed by atoms with van der Waals surface area (Å²) in [5, 5.41) is 9.52. The van der Waals surface area contributed by atoms with Crippen LogP contribution >= 0.6 is 0 Å². The summed E-state index contributed by atoms with van der Waals surface area (Å²) in [4.78, 5) is 28.4. The van der Waals surface area contributed by atoms with Crippen LogP contribution in [0, 0.1) is 5.82 Å². The first-order valence-corrected chi connectivity index (χ1v) is 8.18. The summed E-state index contributed by atoms with van der Waals surface area (Å²) in [6.07, 6.45) is 0.644. The minimum atomic E-state index is -0.443. The quantitative estimate of drug-likeness (QED) is 0.912. The number of phenolic OH excluding ortho intramolecular Hbond substituents is 1. The Morgan fingerprint density at radius 1 is 0.840 bits per heavy atom. The maximum Gasteiger partial charge on any atom is 0.254 e. The van der Waals surface area contributed by atoms with Gasteiger partial charge < -0.3 is 14.9 Å². The lowest BCUT2D eigenvalue weighted by Crippen LogP contribution is -2.37. The van der Waals surface area contributed by atoms with Crippen LogP contribution in [0.2, 0.25) is 0 Å². The zero-order valence-corrected chi connectivity index (χ0v) is 13.7. The first-order chi connectivity index (χ1) is 12.0. The smallest absolute Gasteiger partial charge is 0.254 e. The van der Waals surface area contributed by atoms with Crippen molar-refractivity contribution in [3.63, 3.8) is 0 Å². The van der Waals surface area contributed by atoms with E-state index in [0.29, 0.717) is 43.7 Å². The summed E-state index contributed by atoms with van der Waals surface area (Å²) in [6.45, 7) is 1.83. The Labute approximate surface area is 145 Å². The molecule has 6 heteroatoms. The lowest BCUT2D eigenvalue weighted by molar-refractivity contribution is 0.0718. The van der Waals surface area contributed by atoms with E-state index in [-0.39, 0.29) is 17.6 Å². The number of carbonyl (C=O) groups is 2. The average Bonchev–Trinajstić information content (AvgIpc) is 2.86. The highest BCUT2D eigenvalue weighted by Gasteiger charge is 2.23. The zero-order chi connectivity index (χ0) is 17.8. The van der Waals surface area contributed by atoms with Gasteiger partial charge in [-0.3, -0.25) is 9.59 Å². The van der Waals surface area contributed by atoms with Gasteiger partial charge in [0.25, 0.3) is 11.8 Å². The Balaban J connectivity index is 1.68. The van der Waals surface area contributed by atoms with Gasteiger partial charge in [-0.25, -0.2) is 4.39 Å². The molecule has 1 heterocycles. The van der Waals surface area contributed by atoms with Crippen molar-refractivity contribution >= 4 is 11.8 Å². The van der Waals surface area contributed by atoms with E-state index in [9.17, 15) is 19.1 Å². The molecule has 2 aromatic carbocycles. The maximum atomic E-state index is 13.3. The normalized spacial score (nSPS) is 14.9. The van der Waals surface area contributed by atoms with Gasteiger partial charge in [0, 0.05) is 37.3 Å². The van der Waals surface area contributed by atoms with Gasteiger partial charge in [-0.2, -0.15) is 0 Å². The Morgan fingerprint density at radius 3 is 1.96 bits per heavy atom. The van der Waals surface area contributed by atoms with Crippen LogP contribution in [0.5, 0.6) is 5.75 Å². The van der Waals surface area contributed by atoms with Crippen molar-refractivity contribution in [1.82, 2.24) is 9.80 Å². The zero-order valence-electron chi connectivity index (χ0n) is 13.7. The molecule has 25 heavy (non-hydrogen) atoms. The minimum Gasteiger partial charge on any atom is -0.508 e. The van der Waals surface area contributed by atoms with Crippen molar-refractivity contribution in [1.29, 1.82) is 0 Å². The van der Waals surface area contributed by atoms with Crippen LogP contribution in [-0.2, 0) is 0 Å². The molecule has 2 aromatic rings. The van der Waals surface area contributed by atoms with E-state index in [2.05, 4.69) is 0 Å². The van der Waals surface area contributed by atoms with Gasteiger partial charge >= 0.3 is 0 Å². The predicted octanol–water partition coefficient (Wildman–Crippen LogP) is 2.52. The van der Waals surface area contributed by atoms with Gasteiger partial charge in [-0.05, 0) is 42.8 Å². The van der Waals surface area contributed by atoms with Crippen LogP contribution in [0.3, 0.4) is 0 Å². The molecule has 0 atom stereocenters. The van der Waals surface area contributed by atoms with E-state index in [0.717, 1.165) is 0 Å². The Morgan fingerprint density at radius 2 is 1.40 bits per heavy atom. The molecule has 1 fully saturated rings. The second kappa shape index (κ2) is 7.34. The number of hydrogen-bond acceptors (Lipinski definition) is 3. The fourth-order valence-corrected chi connectivity index (χ4v) is 2.95.